The Balaban J connectivity index is 3.27. The van der Waals surface area contributed by atoms with Crippen LogP contribution in [-0.2, 0) is 0 Å². The van der Waals surface area contributed by atoms with E-state index >= 15 is 0 Å². The fraction of sp³-hybridized carbons (Fsp3) is 0.400. The summed E-state index contributed by atoms with van der Waals surface area (Å²) in [5.41, 5.74) is 1.73. The lowest BCUT2D eigenvalue weighted by atomic mass is 10.1. The van der Waals surface area contributed by atoms with Gasteiger partial charge in [-0.1, -0.05) is 17.7 Å². The molecule has 0 heterocycles. The van der Waals surface area contributed by atoms with Gasteiger partial charge in [-0.3, -0.25) is 0 Å². The van der Waals surface area contributed by atoms with E-state index in [2.05, 4.69) is 0 Å². The van der Waals surface area contributed by atoms with Crippen molar-refractivity contribution in [1.82, 2.24) is 0 Å². The molecule has 0 aromatic heterocycles. The van der Waals surface area contributed by atoms with Gasteiger partial charge in [0, 0.05) is 5.56 Å². The van der Waals surface area contributed by atoms with Crippen LogP contribution in [0.4, 0.5) is 0 Å². The number of hydrogen-bond acceptors (Lipinski definition) is 2. The average Bonchev–Trinajstić information content (AvgIpc) is 2.08. The van der Waals surface area contributed by atoms with Crippen LogP contribution in [0.5, 0.6) is 5.75 Å². The lowest BCUT2D eigenvalue weighted by Crippen LogP contribution is -1.96. The molecule has 0 aliphatic rings. The molecule has 3 heteroatoms. The molecule has 0 saturated carbocycles. The van der Waals surface area contributed by atoms with Crippen LogP contribution in [0.25, 0.3) is 0 Å². The third-order valence-corrected chi connectivity index (χ3v) is 2.29. The molecular formula is C10H13ClO2. The molecule has 0 fully saturated rings. The zero-order chi connectivity index (χ0) is 10.0. The van der Waals surface area contributed by atoms with E-state index in [-0.39, 0.29) is 0 Å². The minimum atomic E-state index is -0.568. The van der Waals surface area contributed by atoms with Gasteiger partial charge in [-0.15, -0.1) is 0 Å². The summed E-state index contributed by atoms with van der Waals surface area (Å²) in [6.07, 6.45) is -0.568. The van der Waals surface area contributed by atoms with E-state index in [9.17, 15) is 5.11 Å². The van der Waals surface area contributed by atoms with Crippen LogP contribution >= 0.6 is 11.6 Å². The monoisotopic (exact) mass is 200 g/mol. The van der Waals surface area contributed by atoms with Crippen molar-refractivity contribution in [3.05, 3.63) is 28.3 Å². The van der Waals surface area contributed by atoms with Gasteiger partial charge in [-0.2, -0.15) is 0 Å². The summed E-state index contributed by atoms with van der Waals surface area (Å²) in [7, 11) is 1.56. The quantitative estimate of drug-likeness (QED) is 0.796. The molecule has 0 bridgehead atoms. The molecule has 1 N–H and O–H groups in total. The summed E-state index contributed by atoms with van der Waals surface area (Å²) in [6, 6.07) is 3.70. The Morgan fingerprint density at radius 1 is 1.46 bits per heavy atom. The number of ether oxygens (including phenoxy) is 1. The first-order valence-corrected chi connectivity index (χ1v) is 4.46. The van der Waals surface area contributed by atoms with Gasteiger partial charge in [0.1, 0.15) is 5.75 Å². The van der Waals surface area contributed by atoms with Crippen LogP contribution in [0.3, 0.4) is 0 Å². The smallest absolute Gasteiger partial charge is 0.138 e. The van der Waals surface area contributed by atoms with Gasteiger partial charge in [0.15, 0.2) is 0 Å². The molecular weight excluding hydrogens is 188 g/mol. The Bertz CT molecular complexity index is 308. The highest BCUT2D eigenvalue weighted by Crippen LogP contribution is 2.33. The van der Waals surface area contributed by atoms with Crippen LogP contribution < -0.4 is 4.74 Å². The molecule has 0 saturated heterocycles. The molecule has 13 heavy (non-hydrogen) atoms. The standard InChI is InChI=1S/C10H13ClO2/c1-6-4-8(7(2)12)10(11)9(5-6)13-3/h4-5,7,12H,1-3H3. The highest BCUT2D eigenvalue weighted by molar-refractivity contribution is 6.32. The second-order valence-corrected chi connectivity index (χ2v) is 3.42. The number of halogens is 1. The minimum absolute atomic E-state index is 0.489. The van der Waals surface area contributed by atoms with Gasteiger partial charge in [-0.05, 0) is 25.5 Å². The van der Waals surface area contributed by atoms with Crippen LogP contribution in [0.1, 0.15) is 24.2 Å². The van der Waals surface area contributed by atoms with Crippen molar-refractivity contribution in [2.45, 2.75) is 20.0 Å². The van der Waals surface area contributed by atoms with Crippen LogP contribution in [0, 0.1) is 6.92 Å². The van der Waals surface area contributed by atoms with E-state index in [0.29, 0.717) is 16.3 Å². The highest BCUT2D eigenvalue weighted by Gasteiger charge is 2.11. The fourth-order valence-electron chi connectivity index (χ4n) is 1.22. The number of methoxy groups -OCH3 is 1. The molecule has 0 aliphatic carbocycles. The predicted octanol–water partition coefficient (Wildman–Crippen LogP) is 2.71. The predicted molar refractivity (Wildman–Crippen MR) is 53.4 cm³/mol. The molecule has 1 atom stereocenters. The zero-order valence-electron chi connectivity index (χ0n) is 7.97. The lowest BCUT2D eigenvalue weighted by molar-refractivity contribution is 0.199. The van der Waals surface area contributed by atoms with Crippen molar-refractivity contribution in [3.63, 3.8) is 0 Å². The second-order valence-electron chi connectivity index (χ2n) is 3.05. The Morgan fingerprint density at radius 3 is 2.54 bits per heavy atom. The van der Waals surface area contributed by atoms with E-state index in [0.717, 1.165) is 5.56 Å². The highest BCUT2D eigenvalue weighted by atomic mass is 35.5. The maximum absolute atomic E-state index is 9.41. The third-order valence-electron chi connectivity index (χ3n) is 1.88. The first kappa shape index (κ1) is 10.4. The van der Waals surface area contributed by atoms with Crippen LogP contribution in [-0.4, -0.2) is 12.2 Å². The summed E-state index contributed by atoms with van der Waals surface area (Å²) in [5, 5.41) is 9.90. The van der Waals surface area contributed by atoms with E-state index in [1.807, 2.05) is 19.1 Å². The summed E-state index contributed by atoms with van der Waals surface area (Å²) in [5.74, 6) is 0.609. The largest absolute Gasteiger partial charge is 0.495 e. The third kappa shape index (κ3) is 2.14. The van der Waals surface area contributed by atoms with Crippen LogP contribution in [0.2, 0.25) is 5.02 Å². The maximum Gasteiger partial charge on any atom is 0.138 e. The summed E-state index contributed by atoms with van der Waals surface area (Å²) in [4.78, 5) is 0. The molecule has 0 spiro atoms. The van der Waals surface area contributed by atoms with Crippen LogP contribution in [0.15, 0.2) is 12.1 Å². The number of aliphatic hydroxyl groups excluding tert-OH is 1. The van der Waals surface area contributed by atoms with Crippen molar-refractivity contribution in [3.8, 4) is 5.75 Å². The Morgan fingerprint density at radius 2 is 2.08 bits per heavy atom. The molecule has 2 nitrogen and oxygen atoms in total. The van der Waals surface area contributed by atoms with Crippen molar-refractivity contribution in [1.29, 1.82) is 0 Å². The van der Waals surface area contributed by atoms with Gasteiger partial charge in [0.2, 0.25) is 0 Å². The summed E-state index contributed by atoms with van der Waals surface area (Å²) < 4.78 is 5.07. The number of rotatable bonds is 2. The Kier molecular flexibility index (Phi) is 3.17. The topological polar surface area (TPSA) is 29.5 Å². The van der Waals surface area contributed by atoms with Gasteiger partial charge < -0.3 is 9.84 Å². The summed E-state index contributed by atoms with van der Waals surface area (Å²) in [6.45, 7) is 3.62. The average molecular weight is 201 g/mol. The Labute approximate surface area is 83.1 Å². The molecule has 1 unspecified atom stereocenters. The first-order valence-electron chi connectivity index (χ1n) is 4.08. The van der Waals surface area contributed by atoms with Crippen molar-refractivity contribution in [2.24, 2.45) is 0 Å². The summed E-state index contributed by atoms with van der Waals surface area (Å²) >= 11 is 5.99. The SMILES string of the molecule is COc1cc(C)cc(C(C)O)c1Cl. The van der Waals surface area contributed by atoms with E-state index in [4.69, 9.17) is 16.3 Å². The maximum atomic E-state index is 9.41. The number of aryl methyl sites for hydroxylation is 1. The van der Waals surface area contributed by atoms with Crippen molar-refractivity contribution >= 4 is 11.6 Å². The first-order chi connectivity index (χ1) is 6.06. The van der Waals surface area contributed by atoms with Gasteiger partial charge in [-0.25, -0.2) is 0 Å². The second kappa shape index (κ2) is 3.99. The van der Waals surface area contributed by atoms with E-state index < -0.39 is 6.10 Å². The molecule has 0 radical (unpaired) electrons. The molecule has 1 aromatic carbocycles. The molecule has 1 rings (SSSR count). The van der Waals surface area contributed by atoms with E-state index in [1.54, 1.807) is 14.0 Å². The molecule has 72 valence electrons. The minimum Gasteiger partial charge on any atom is -0.495 e. The van der Waals surface area contributed by atoms with Gasteiger partial charge in [0.05, 0.1) is 18.2 Å². The van der Waals surface area contributed by atoms with Gasteiger partial charge >= 0.3 is 0 Å². The number of aliphatic hydroxyl groups is 1. The Hall–Kier alpha value is -0.730. The number of hydrogen-bond donors (Lipinski definition) is 1. The zero-order valence-corrected chi connectivity index (χ0v) is 8.72. The molecule has 0 aliphatic heterocycles. The van der Waals surface area contributed by atoms with Gasteiger partial charge in [0.25, 0.3) is 0 Å². The number of benzene rings is 1. The van der Waals surface area contributed by atoms with Crippen molar-refractivity contribution in [2.75, 3.05) is 7.11 Å². The lowest BCUT2D eigenvalue weighted by Gasteiger charge is -2.12. The molecule has 0 amide bonds. The van der Waals surface area contributed by atoms with Crippen molar-refractivity contribution < 1.29 is 9.84 Å². The fourth-order valence-corrected chi connectivity index (χ4v) is 1.56. The van der Waals surface area contributed by atoms with E-state index in [1.165, 1.54) is 0 Å². The normalized spacial score (nSPS) is 12.7. The molecule has 1 aromatic rings.